The second kappa shape index (κ2) is 8.32. The Balaban J connectivity index is 1.92. The summed E-state index contributed by atoms with van der Waals surface area (Å²) in [5.41, 5.74) is 3.29. The van der Waals surface area contributed by atoms with Gasteiger partial charge in [0.05, 0.1) is 6.61 Å². The van der Waals surface area contributed by atoms with Crippen LogP contribution in [0.25, 0.3) is 0 Å². The minimum Gasteiger partial charge on any atom is -0.507 e. The van der Waals surface area contributed by atoms with Gasteiger partial charge in [0.2, 0.25) is 0 Å². The van der Waals surface area contributed by atoms with Crippen LogP contribution in [-0.2, 0) is 13.0 Å². The van der Waals surface area contributed by atoms with E-state index in [1.54, 1.807) is 6.07 Å². The normalized spacial score (nSPS) is 10.5. The maximum atomic E-state index is 10.0. The maximum absolute atomic E-state index is 10.0. The summed E-state index contributed by atoms with van der Waals surface area (Å²) in [6.45, 7) is 5.32. The highest BCUT2D eigenvalue weighted by Gasteiger charge is 2.03. The number of anilines is 1. The summed E-state index contributed by atoms with van der Waals surface area (Å²) in [5.74, 6) is 0.960. The Morgan fingerprint density at radius 3 is 2.45 bits per heavy atom. The molecule has 0 saturated heterocycles. The Labute approximate surface area is 133 Å². The Kier molecular flexibility index (Phi) is 6.13. The van der Waals surface area contributed by atoms with Crippen molar-refractivity contribution in [3.63, 3.8) is 0 Å². The quantitative estimate of drug-likeness (QED) is 0.739. The number of aryl methyl sites for hydroxylation is 1. The first kappa shape index (κ1) is 16.2. The lowest BCUT2D eigenvalue weighted by atomic mass is 10.1. The van der Waals surface area contributed by atoms with Crippen molar-refractivity contribution in [1.82, 2.24) is 0 Å². The Morgan fingerprint density at radius 2 is 1.82 bits per heavy atom. The van der Waals surface area contributed by atoms with E-state index in [-0.39, 0.29) is 5.75 Å². The summed E-state index contributed by atoms with van der Waals surface area (Å²) < 4.78 is 5.37. The Bertz CT molecular complexity index is 578. The third kappa shape index (κ3) is 4.69. The fraction of sp³-hybridized carbons (Fsp3) is 0.368. The molecule has 0 saturated carbocycles. The molecule has 0 spiro atoms. The molecule has 3 nitrogen and oxygen atoms in total. The number of phenols is 1. The molecule has 3 heteroatoms. The van der Waals surface area contributed by atoms with Crippen LogP contribution < -0.4 is 10.1 Å². The van der Waals surface area contributed by atoms with Crippen molar-refractivity contribution in [2.45, 2.75) is 39.7 Å². The van der Waals surface area contributed by atoms with E-state index >= 15 is 0 Å². The minimum absolute atomic E-state index is 0.262. The molecule has 2 N–H and O–H groups in total. The highest BCUT2D eigenvalue weighted by molar-refractivity contribution is 5.47. The lowest BCUT2D eigenvalue weighted by molar-refractivity contribution is 0.337. The molecule has 0 unspecified atom stereocenters. The molecule has 2 rings (SSSR count). The number of phenolic OH excluding ortho intramolecular Hbond substituents is 1. The van der Waals surface area contributed by atoms with Crippen molar-refractivity contribution in [2.24, 2.45) is 0 Å². The van der Waals surface area contributed by atoms with E-state index in [9.17, 15) is 5.11 Å². The van der Waals surface area contributed by atoms with Crippen LogP contribution in [0.2, 0.25) is 0 Å². The highest BCUT2D eigenvalue weighted by atomic mass is 16.5. The van der Waals surface area contributed by atoms with Gasteiger partial charge in [-0.3, -0.25) is 0 Å². The van der Waals surface area contributed by atoms with Gasteiger partial charge in [0, 0.05) is 23.9 Å². The number of nitrogens with one attached hydrogen (secondary N) is 1. The SMILES string of the molecule is CCCCc1ccc(NCc2ccc(OCC)cc2O)cc1. The van der Waals surface area contributed by atoms with Gasteiger partial charge in [-0.25, -0.2) is 0 Å². The summed E-state index contributed by atoms with van der Waals surface area (Å²) in [7, 11) is 0. The molecule has 22 heavy (non-hydrogen) atoms. The molecule has 0 radical (unpaired) electrons. The number of ether oxygens (including phenoxy) is 1. The number of benzene rings is 2. The van der Waals surface area contributed by atoms with Crippen LogP contribution in [0, 0.1) is 0 Å². The molecule has 0 heterocycles. The van der Waals surface area contributed by atoms with Gasteiger partial charge in [0.25, 0.3) is 0 Å². The summed E-state index contributed by atoms with van der Waals surface area (Å²) in [6.07, 6.45) is 3.58. The Morgan fingerprint density at radius 1 is 1.05 bits per heavy atom. The van der Waals surface area contributed by atoms with Crippen molar-refractivity contribution in [2.75, 3.05) is 11.9 Å². The maximum Gasteiger partial charge on any atom is 0.124 e. The smallest absolute Gasteiger partial charge is 0.124 e. The topological polar surface area (TPSA) is 41.5 Å². The van der Waals surface area contributed by atoms with Crippen LogP contribution in [0.1, 0.15) is 37.8 Å². The third-order valence-electron chi connectivity index (χ3n) is 3.62. The molecule has 2 aromatic rings. The van der Waals surface area contributed by atoms with Gasteiger partial charge in [0.1, 0.15) is 11.5 Å². The van der Waals surface area contributed by atoms with Gasteiger partial charge >= 0.3 is 0 Å². The fourth-order valence-corrected chi connectivity index (χ4v) is 2.32. The monoisotopic (exact) mass is 299 g/mol. The van der Waals surface area contributed by atoms with E-state index in [2.05, 4.69) is 36.5 Å². The summed E-state index contributed by atoms with van der Waals surface area (Å²) in [4.78, 5) is 0. The van der Waals surface area contributed by atoms with Gasteiger partial charge in [-0.2, -0.15) is 0 Å². The van der Waals surface area contributed by atoms with Gasteiger partial charge in [-0.05, 0) is 49.6 Å². The van der Waals surface area contributed by atoms with Crippen LogP contribution in [0.5, 0.6) is 11.5 Å². The Hall–Kier alpha value is -2.16. The van der Waals surface area contributed by atoms with Crippen molar-refractivity contribution in [3.05, 3.63) is 53.6 Å². The number of rotatable bonds is 8. The zero-order chi connectivity index (χ0) is 15.8. The molecule has 0 aliphatic carbocycles. The molecule has 0 fully saturated rings. The lowest BCUT2D eigenvalue weighted by Gasteiger charge is -2.10. The highest BCUT2D eigenvalue weighted by Crippen LogP contribution is 2.24. The number of unbranched alkanes of at least 4 members (excludes halogenated alkanes) is 1. The van der Waals surface area contributed by atoms with Gasteiger partial charge < -0.3 is 15.2 Å². The number of hydrogen-bond donors (Lipinski definition) is 2. The predicted octanol–water partition coefficient (Wildman–Crippen LogP) is 4.75. The van der Waals surface area contributed by atoms with Crippen molar-refractivity contribution >= 4 is 5.69 Å². The molecular formula is C19H25NO2. The summed E-state index contributed by atoms with van der Waals surface area (Å²) >= 11 is 0. The molecular weight excluding hydrogens is 274 g/mol. The molecule has 2 aromatic carbocycles. The standard InChI is InChI=1S/C19H25NO2/c1-3-5-6-15-7-10-17(11-8-15)20-14-16-9-12-18(22-4-2)13-19(16)21/h7-13,20-21H,3-6,14H2,1-2H3. The van der Waals surface area contributed by atoms with Gasteiger partial charge in [-0.1, -0.05) is 25.5 Å². The zero-order valence-electron chi connectivity index (χ0n) is 13.4. The number of hydrogen-bond acceptors (Lipinski definition) is 3. The number of aromatic hydroxyl groups is 1. The van der Waals surface area contributed by atoms with Crippen LogP contribution in [-0.4, -0.2) is 11.7 Å². The second-order valence-corrected chi connectivity index (χ2v) is 5.38. The van der Waals surface area contributed by atoms with E-state index in [4.69, 9.17) is 4.74 Å². The van der Waals surface area contributed by atoms with E-state index in [0.717, 1.165) is 17.7 Å². The van der Waals surface area contributed by atoms with Crippen molar-refractivity contribution in [3.8, 4) is 11.5 Å². The van der Waals surface area contributed by atoms with E-state index in [1.807, 2.05) is 19.1 Å². The average molecular weight is 299 g/mol. The largest absolute Gasteiger partial charge is 0.507 e. The molecule has 0 aliphatic rings. The third-order valence-corrected chi connectivity index (χ3v) is 3.62. The first-order valence-corrected chi connectivity index (χ1v) is 8.00. The van der Waals surface area contributed by atoms with E-state index < -0.39 is 0 Å². The van der Waals surface area contributed by atoms with E-state index in [0.29, 0.717) is 18.9 Å². The average Bonchev–Trinajstić information content (AvgIpc) is 2.53. The first-order valence-electron chi connectivity index (χ1n) is 8.00. The zero-order valence-corrected chi connectivity index (χ0v) is 13.4. The van der Waals surface area contributed by atoms with Crippen LogP contribution in [0.3, 0.4) is 0 Å². The molecule has 0 aliphatic heterocycles. The van der Waals surface area contributed by atoms with Gasteiger partial charge in [-0.15, -0.1) is 0 Å². The van der Waals surface area contributed by atoms with Crippen LogP contribution in [0.4, 0.5) is 5.69 Å². The van der Waals surface area contributed by atoms with Crippen LogP contribution >= 0.6 is 0 Å². The summed E-state index contributed by atoms with van der Waals surface area (Å²) in [5, 5.41) is 13.4. The fourth-order valence-electron chi connectivity index (χ4n) is 2.32. The van der Waals surface area contributed by atoms with Crippen molar-refractivity contribution in [1.29, 1.82) is 0 Å². The van der Waals surface area contributed by atoms with E-state index in [1.165, 1.54) is 18.4 Å². The molecule has 0 atom stereocenters. The molecule has 0 aromatic heterocycles. The predicted molar refractivity (Wildman–Crippen MR) is 91.7 cm³/mol. The molecule has 0 bridgehead atoms. The van der Waals surface area contributed by atoms with Crippen molar-refractivity contribution < 1.29 is 9.84 Å². The van der Waals surface area contributed by atoms with Gasteiger partial charge in [0.15, 0.2) is 0 Å². The molecule has 118 valence electrons. The minimum atomic E-state index is 0.262. The molecule has 0 amide bonds. The first-order chi connectivity index (χ1) is 10.7. The summed E-state index contributed by atoms with van der Waals surface area (Å²) in [6, 6.07) is 13.9. The second-order valence-electron chi connectivity index (χ2n) is 5.38. The lowest BCUT2D eigenvalue weighted by Crippen LogP contribution is -2.00. The van der Waals surface area contributed by atoms with Crippen LogP contribution in [0.15, 0.2) is 42.5 Å².